The fraction of sp³-hybridized carbons (Fsp3) is 0. The summed E-state index contributed by atoms with van der Waals surface area (Å²) in [5, 5.41) is 5.59. The minimum atomic E-state index is -0.459. The molecule has 0 unspecified atom stereocenters. The predicted octanol–water partition coefficient (Wildman–Crippen LogP) is 4.59. The summed E-state index contributed by atoms with van der Waals surface area (Å²) in [5.74, 6) is -0.459. The Morgan fingerprint density at radius 1 is 0.920 bits per heavy atom. The van der Waals surface area contributed by atoms with Crippen molar-refractivity contribution in [1.29, 1.82) is 0 Å². The number of hydrogen-bond acceptors (Lipinski definition) is 2. The fourth-order valence-corrected chi connectivity index (χ4v) is 3.14. The van der Waals surface area contributed by atoms with Gasteiger partial charge in [0.25, 0.3) is 5.91 Å². The van der Waals surface area contributed by atoms with Crippen LogP contribution >= 0.6 is 11.6 Å². The first-order chi connectivity index (χ1) is 12.1. The van der Waals surface area contributed by atoms with Crippen LogP contribution in [0.2, 0.25) is 5.02 Å². The number of aromatic amines is 1. The van der Waals surface area contributed by atoms with Gasteiger partial charge in [0.05, 0.1) is 10.5 Å². The highest BCUT2D eigenvalue weighted by Gasteiger charge is 2.15. The van der Waals surface area contributed by atoms with Crippen LogP contribution in [0.15, 0.2) is 71.7 Å². The van der Waals surface area contributed by atoms with Crippen molar-refractivity contribution in [1.82, 2.24) is 4.98 Å². The number of rotatable bonds is 2. The van der Waals surface area contributed by atoms with Gasteiger partial charge in [-0.2, -0.15) is 0 Å². The maximum Gasteiger partial charge on any atom is 0.261 e. The highest BCUT2D eigenvalue weighted by molar-refractivity contribution is 6.35. The third kappa shape index (κ3) is 2.66. The average molecular weight is 349 g/mol. The zero-order valence-electron chi connectivity index (χ0n) is 13.0. The highest BCUT2D eigenvalue weighted by atomic mass is 35.5. The van der Waals surface area contributed by atoms with E-state index < -0.39 is 5.91 Å². The molecule has 1 amide bonds. The number of nitrogens with one attached hydrogen (secondary N) is 2. The first-order valence-electron chi connectivity index (χ1n) is 7.74. The van der Waals surface area contributed by atoms with Crippen LogP contribution in [-0.2, 0) is 0 Å². The Morgan fingerprint density at radius 3 is 2.52 bits per heavy atom. The second-order valence-corrected chi connectivity index (χ2v) is 6.08. The summed E-state index contributed by atoms with van der Waals surface area (Å²) in [4.78, 5) is 28.2. The molecule has 1 aromatic heterocycles. The van der Waals surface area contributed by atoms with E-state index >= 15 is 0 Å². The number of amides is 1. The van der Waals surface area contributed by atoms with E-state index in [9.17, 15) is 9.59 Å². The van der Waals surface area contributed by atoms with Gasteiger partial charge in [-0.05, 0) is 23.6 Å². The zero-order valence-corrected chi connectivity index (χ0v) is 13.8. The molecule has 25 heavy (non-hydrogen) atoms. The predicted molar refractivity (Wildman–Crippen MR) is 101 cm³/mol. The monoisotopic (exact) mass is 348 g/mol. The Bertz CT molecular complexity index is 1180. The van der Waals surface area contributed by atoms with Gasteiger partial charge in [0, 0.05) is 22.7 Å². The summed E-state index contributed by atoms with van der Waals surface area (Å²) in [5.41, 5.74) is 0.876. The molecule has 0 spiro atoms. The molecule has 0 aliphatic heterocycles. The molecule has 5 heteroatoms. The summed E-state index contributed by atoms with van der Waals surface area (Å²) in [7, 11) is 0. The van der Waals surface area contributed by atoms with E-state index in [1.54, 1.807) is 18.2 Å². The lowest BCUT2D eigenvalue weighted by molar-refractivity contribution is 0.102. The van der Waals surface area contributed by atoms with Crippen LogP contribution in [0.1, 0.15) is 10.4 Å². The largest absolute Gasteiger partial charge is 0.359 e. The third-order valence-corrected chi connectivity index (χ3v) is 4.46. The Labute approximate surface area is 148 Å². The summed E-state index contributed by atoms with van der Waals surface area (Å²) >= 11 is 6.09. The molecule has 0 saturated carbocycles. The average Bonchev–Trinajstić information content (AvgIpc) is 2.63. The zero-order chi connectivity index (χ0) is 17.4. The molecule has 4 rings (SSSR count). The van der Waals surface area contributed by atoms with E-state index in [4.69, 9.17) is 11.6 Å². The van der Waals surface area contributed by atoms with E-state index in [-0.39, 0.29) is 11.0 Å². The van der Waals surface area contributed by atoms with Crippen LogP contribution in [0.3, 0.4) is 0 Å². The minimum Gasteiger partial charge on any atom is -0.359 e. The lowest BCUT2D eigenvalue weighted by atomic mass is 10.1. The molecule has 122 valence electrons. The minimum absolute atomic E-state index is 0.0442. The normalized spacial score (nSPS) is 10.9. The van der Waals surface area contributed by atoms with Crippen molar-refractivity contribution >= 4 is 44.9 Å². The van der Waals surface area contributed by atoms with E-state index in [2.05, 4.69) is 10.3 Å². The number of pyridine rings is 1. The smallest absolute Gasteiger partial charge is 0.261 e. The summed E-state index contributed by atoms with van der Waals surface area (Å²) < 4.78 is 0. The van der Waals surface area contributed by atoms with Crippen LogP contribution in [-0.4, -0.2) is 10.9 Å². The molecule has 0 fully saturated rings. The van der Waals surface area contributed by atoms with Crippen molar-refractivity contribution in [2.24, 2.45) is 0 Å². The number of hydrogen-bond donors (Lipinski definition) is 2. The van der Waals surface area contributed by atoms with Gasteiger partial charge in [0.15, 0.2) is 0 Å². The number of halogens is 1. The Balaban J connectivity index is 1.78. The number of aromatic nitrogens is 1. The van der Waals surface area contributed by atoms with Gasteiger partial charge in [-0.25, -0.2) is 0 Å². The van der Waals surface area contributed by atoms with Crippen LogP contribution in [0.25, 0.3) is 21.7 Å². The highest BCUT2D eigenvalue weighted by Crippen LogP contribution is 2.24. The van der Waals surface area contributed by atoms with E-state index in [0.29, 0.717) is 21.6 Å². The second-order valence-electron chi connectivity index (χ2n) is 5.67. The van der Waals surface area contributed by atoms with Crippen LogP contribution < -0.4 is 10.7 Å². The number of carbonyl (C=O) groups excluding carboxylic acids is 1. The molecule has 4 aromatic rings. The van der Waals surface area contributed by atoms with Gasteiger partial charge in [-0.1, -0.05) is 54.1 Å². The molecule has 4 nitrogen and oxygen atoms in total. The molecule has 0 atom stereocenters. The van der Waals surface area contributed by atoms with E-state index in [0.717, 1.165) is 10.8 Å². The molecule has 0 saturated heterocycles. The summed E-state index contributed by atoms with van der Waals surface area (Å²) in [6, 6.07) is 18.4. The third-order valence-electron chi connectivity index (χ3n) is 4.15. The molecular weight excluding hydrogens is 336 g/mol. The molecular formula is C20H13ClN2O2. The molecule has 0 radical (unpaired) electrons. The first-order valence-corrected chi connectivity index (χ1v) is 8.12. The Morgan fingerprint density at radius 2 is 1.64 bits per heavy atom. The number of carbonyl (C=O) groups is 1. The van der Waals surface area contributed by atoms with Gasteiger partial charge in [-0.3, -0.25) is 9.59 Å². The molecule has 0 bridgehead atoms. The Kier molecular flexibility index (Phi) is 3.75. The van der Waals surface area contributed by atoms with Crippen LogP contribution in [0.5, 0.6) is 0 Å². The van der Waals surface area contributed by atoms with Gasteiger partial charge < -0.3 is 10.3 Å². The van der Waals surface area contributed by atoms with E-state index in [1.165, 1.54) is 6.20 Å². The molecule has 2 N–H and O–H groups in total. The number of benzene rings is 3. The topological polar surface area (TPSA) is 62.0 Å². The lowest BCUT2D eigenvalue weighted by Gasteiger charge is -2.09. The number of anilines is 1. The van der Waals surface area contributed by atoms with Crippen molar-refractivity contribution in [3.05, 3.63) is 87.7 Å². The van der Waals surface area contributed by atoms with Crippen molar-refractivity contribution in [2.75, 3.05) is 5.32 Å². The lowest BCUT2D eigenvalue weighted by Crippen LogP contribution is -2.22. The molecule has 0 aliphatic carbocycles. The quantitative estimate of drug-likeness (QED) is 0.556. The van der Waals surface area contributed by atoms with Crippen molar-refractivity contribution < 1.29 is 4.79 Å². The summed E-state index contributed by atoms with van der Waals surface area (Å²) in [6.45, 7) is 0. The van der Waals surface area contributed by atoms with Crippen molar-refractivity contribution in [3.8, 4) is 0 Å². The first kappa shape index (κ1) is 15.4. The fourth-order valence-electron chi connectivity index (χ4n) is 2.91. The van der Waals surface area contributed by atoms with Crippen molar-refractivity contribution in [2.45, 2.75) is 0 Å². The molecule has 1 heterocycles. The maximum atomic E-state index is 12.6. The van der Waals surface area contributed by atoms with Gasteiger partial charge in [0.1, 0.15) is 5.56 Å². The Hall–Kier alpha value is -3.11. The van der Waals surface area contributed by atoms with Crippen molar-refractivity contribution in [3.63, 3.8) is 0 Å². The maximum absolute atomic E-state index is 12.6. The summed E-state index contributed by atoms with van der Waals surface area (Å²) in [6.07, 6.45) is 1.40. The number of fused-ring (bicyclic) bond motifs is 2. The second kappa shape index (κ2) is 6.07. The van der Waals surface area contributed by atoms with Gasteiger partial charge in [0.2, 0.25) is 5.43 Å². The number of H-pyrrole nitrogens is 1. The SMILES string of the molecule is O=C(Nc1cccc2ccccc12)c1c[nH]c2c(Cl)cccc2c1=O. The number of para-hydroxylation sites is 1. The van der Waals surface area contributed by atoms with Crippen LogP contribution in [0.4, 0.5) is 5.69 Å². The van der Waals surface area contributed by atoms with Gasteiger partial charge >= 0.3 is 0 Å². The molecule has 3 aromatic carbocycles. The van der Waals surface area contributed by atoms with Crippen LogP contribution in [0, 0.1) is 0 Å². The molecule has 0 aliphatic rings. The van der Waals surface area contributed by atoms with Gasteiger partial charge in [-0.15, -0.1) is 0 Å². The van der Waals surface area contributed by atoms with E-state index in [1.807, 2.05) is 42.5 Å². The standard InChI is InChI=1S/C20H13ClN2O2/c21-16-9-4-8-14-18(16)22-11-15(19(14)24)20(25)23-17-10-3-6-12-5-1-2-7-13(12)17/h1-11H,(H,22,24)(H,23,25).